The van der Waals surface area contributed by atoms with Gasteiger partial charge in [0.15, 0.2) is 9.84 Å². The number of carbonyl (C=O) groups excluding carboxylic acids is 1. The maximum atomic E-state index is 12.8. The maximum absolute atomic E-state index is 12.8. The van der Waals surface area contributed by atoms with Gasteiger partial charge in [0.2, 0.25) is 0 Å². The Kier molecular flexibility index (Phi) is 7.07. The van der Waals surface area contributed by atoms with Crippen LogP contribution in [0.2, 0.25) is 30.8 Å². The van der Waals surface area contributed by atoms with E-state index in [-0.39, 0.29) is 29.1 Å². The van der Waals surface area contributed by atoms with E-state index in [0.29, 0.717) is 17.5 Å². The van der Waals surface area contributed by atoms with Crippen LogP contribution in [0.3, 0.4) is 0 Å². The first-order valence-corrected chi connectivity index (χ1v) is 14.3. The fourth-order valence-electron chi connectivity index (χ4n) is 2.45. The van der Waals surface area contributed by atoms with E-state index in [2.05, 4.69) is 29.4 Å². The molecule has 2 heterocycles. The fourth-order valence-corrected chi connectivity index (χ4v) is 4.80. The number of sulfone groups is 1. The van der Waals surface area contributed by atoms with Crippen molar-refractivity contribution < 1.29 is 22.7 Å². The molecule has 0 radical (unpaired) electrons. The molecule has 0 bridgehead atoms. The summed E-state index contributed by atoms with van der Waals surface area (Å²) in [6.07, 6.45) is 1.31. The molecule has 2 rings (SSSR count). The Labute approximate surface area is 165 Å². The van der Waals surface area contributed by atoms with E-state index in [4.69, 9.17) is 16.3 Å². The lowest BCUT2D eigenvalue weighted by Gasteiger charge is -2.17. The number of hydrogen-bond donors (Lipinski definition) is 0. The molecular weight excluding hydrogens is 408 g/mol. The van der Waals surface area contributed by atoms with Gasteiger partial charge in [0.25, 0.3) is 0 Å². The number of carbonyl (C=O) groups is 1. The predicted octanol–water partition coefficient (Wildman–Crippen LogP) is 3.34. The van der Waals surface area contributed by atoms with E-state index in [1.54, 1.807) is 10.6 Å². The molecule has 2 aromatic rings. The van der Waals surface area contributed by atoms with E-state index in [1.165, 1.54) is 19.4 Å². The second-order valence-electron chi connectivity index (χ2n) is 7.47. The van der Waals surface area contributed by atoms with Gasteiger partial charge >= 0.3 is 5.97 Å². The van der Waals surface area contributed by atoms with Crippen molar-refractivity contribution in [2.45, 2.75) is 43.9 Å². The van der Waals surface area contributed by atoms with Crippen molar-refractivity contribution in [3.05, 3.63) is 23.5 Å². The van der Waals surface area contributed by atoms with Gasteiger partial charge in [-0.1, -0.05) is 31.2 Å². The van der Waals surface area contributed by atoms with Crippen molar-refractivity contribution in [3.63, 3.8) is 0 Å². The molecule has 2 aromatic heterocycles. The molecule has 0 aliphatic heterocycles. The molecule has 0 aliphatic rings. The third kappa shape index (κ3) is 6.03. The number of rotatable bonds is 9. The molecule has 10 heteroatoms. The first-order chi connectivity index (χ1) is 12.5. The zero-order valence-corrected chi connectivity index (χ0v) is 18.6. The summed E-state index contributed by atoms with van der Waals surface area (Å²) in [5.41, 5.74) is 0.625. The summed E-state index contributed by atoms with van der Waals surface area (Å²) < 4.78 is 37.4. The number of hydrogen-bond acceptors (Lipinski definition) is 6. The Balaban J connectivity index is 2.32. The summed E-state index contributed by atoms with van der Waals surface area (Å²) in [4.78, 5) is 15.4. The summed E-state index contributed by atoms with van der Waals surface area (Å²) in [5.74, 6) is -0.913. The quantitative estimate of drug-likeness (QED) is 0.261. The Hall–Kier alpha value is -1.42. The van der Waals surface area contributed by atoms with Gasteiger partial charge in [-0.05, 0) is 18.2 Å². The second-order valence-corrected chi connectivity index (χ2v) is 15.5. The average molecular weight is 433 g/mol. The summed E-state index contributed by atoms with van der Waals surface area (Å²) >= 11 is 5.99. The number of esters is 1. The summed E-state index contributed by atoms with van der Waals surface area (Å²) in [6.45, 7) is 7.37. The number of pyridine rings is 1. The van der Waals surface area contributed by atoms with Gasteiger partial charge in [-0.2, -0.15) is 0 Å². The number of ether oxygens (including phenoxy) is 2. The Bertz CT molecular complexity index is 921. The molecule has 0 aliphatic carbocycles. The number of nitrogens with zero attached hydrogens (tertiary/aromatic N) is 2. The van der Waals surface area contributed by atoms with Crippen LogP contribution in [0.5, 0.6) is 0 Å². The van der Waals surface area contributed by atoms with Crippen LogP contribution in [0, 0.1) is 0 Å². The van der Waals surface area contributed by atoms with Gasteiger partial charge in [0, 0.05) is 26.3 Å². The molecule has 0 saturated carbocycles. The molecule has 27 heavy (non-hydrogen) atoms. The molecule has 150 valence electrons. The third-order valence-electron chi connectivity index (χ3n) is 4.05. The summed E-state index contributed by atoms with van der Waals surface area (Å²) in [6, 6.07) is 4.12. The SMILES string of the molecule is COC(=O)CCS(=O)(=O)c1cc2cnc(Cl)cc2n1COCC[Si](C)(C)C. The van der Waals surface area contributed by atoms with Crippen LogP contribution in [-0.2, 0) is 30.8 Å². The summed E-state index contributed by atoms with van der Waals surface area (Å²) in [7, 11) is -3.74. The van der Waals surface area contributed by atoms with Crippen molar-refractivity contribution in [1.82, 2.24) is 9.55 Å². The average Bonchev–Trinajstić information content (AvgIpc) is 2.94. The van der Waals surface area contributed by atoms with Gasteiger partial charge < -0.3 is 14.0 Å². The monoisotopic (exact) mass is 432 g/mol. The molecule has 0 spiro atoms. The largest absolute Gasteiger partial charge is 0.469 e. The van der Waals surface area contributed by atoms with Crippen LogP contribution < -0.4 is 0 Å². The normalized spacial score (nSPS) is 12.5. The van der Waals surface area contributed by atoms with Crippen LogP contribution in [0.15, 0.2) is 23.4 Å². The molecule has 0 N–H and O–H groups in total. The van der Waals surface area contributed by atoms with Crippen molar-refractivity contribution in [2.24, 2.45) is 0 Å². The van der Waals surface area contributed by atoms with Crippen LogP contribution in [0.1, 0.15) is 6.42 Å². The van der Waals surface area contributed by atoms with Gasteiger partial charge in [0.1, 0.15) is 16.9 Å². The minimum atomic E-state index is -3.72. The minimum Gasteiger partial charge on any atom is -0.469 e. The standard InChI is InChI=1S/C17H25ClN2O5SSi/c1-24-17(21)5-7-26(22,23)16-9-13-11-19-15(18)10-14(13)20(16)12-25-6-8-27(2,3)4/h9-11H,5-8,12H2,1-4H3. The van der Waals surface area contributed by atoms with E-state index in [1.807, 2.05) is 0 Å². The number of fused-ring (bicyclic) bond motifs is 1. The lowest BCUT2D eigenvalue weighted by Crippen LogP contribution is -2.22. The zero-order chi connectivity index (χ0) is 20.2. The van der Waals surface area contributed by atoms with E-state index >= 15 is 0 Å². The van der Waals surface area contributed by atoms with Crippen LogP contribution >= 0.6 is 11.6 Å². The second kappa shape index (κ2) is 8.72. The smallest absolute Gasteiger partial charge is 0.306 e. The highest BCUT2D eigenvalue weighted by Gasteiger charge is 2.24. The van der Waals surface area contributed by atoms with Crippen LogP contribution in [0.25, 0.3) is 10.9 Å². The molecular formula is C17H25ClN2O5SSi. The first kappa shape index (κ1) is 21.9. The van der Waals surface area contributed by atoms with E-state index < -0.39 is 23.9 Å². The molecule has 0 aromatic carbocycles. The van der Waals surface area contributed by atoms with E-state index in [0.717, 1.165) is 6.04 Å². The van der Waals surface area contributed by atoms with Crippen molar-refractivity contribution in [1.29, 1.82) is 0 Å². The molecule has 0 fully saturated rings. The molecule has 0 saturated heterocycles. The topological polar surface area (TPSA) is 87.5 Å². The number of aromatic nitrogens is 2. The molecule has 0 amide bonds. The Morgan fingerprint density at radius 3 is 2.63 bits per heavy atom. The zero-order valence-electron chi connectivity index (χ0n) is 16.0. The first-order valence-electron chi connectivity index (χ1n) is 8.55. The number of halogens is 1. The summed E-state index contributed by atoms with van der Waals surface area (Å²) in [5, 5.41) is 0.991. The fraction of sp³-hybridized carbons (Fsp3) is 0.529. The Morgan fingerprint density at radius 1 is 1.30 bits per heavy atom. The molecule has 7 nitrogen and oxygen atoms in total. The minimum absolute atomic E-state index is 0.0819. The number of methoxy groups -OCH3 is 1. The lowest BCUT2D eigenvalue weighted by molar-refractivity contribution is -0.140. The highest BCUT2D eigenvalue weighted by molar-refractivity contribution is 7.91. The van der Waals surface area contributed by atoms with Gasteiger partial charge in [-0.25, -0.2) is 13.4 Å². The van der Waals surface area contributed by atoms with Crippen LogP contribution in [0.4, 0.5) is 0 Å². The molecule has 0 unspecified atom stereocenters. The van der Waals surface area contributed by atoms with E-state index in [9.17, 15) is 13.2 Å². The van der Waals surface area contributed by atoms with Gasteiger partial charge in [0.05, 0.1) is 24.8 Å². The maximum Gasteiger partial charge on any atom is 0.306 e. The van der Waals surface area contributed by atoms with Crippen molar-refractivity contribution >= 4 is 46.4 Å². The van der Waals surface area contributed by atoms with Crippen molar-refractivity contribution in [2.75, 3.05) is 19.5 Å². The predicted molar refractivity (Wildman–Crippen MR) is 108 cm³/mol. The van der Waals surface area contributed by atoms with Gasteiger partial charge in [-0.15, -0.1) is 0 Å². The molecule has 0 atom stereocenters. The van der Waals surface area contributed by atoms with Crippen LogP contribution in [-0.4, -0.2) is 51.5 Å². The Morgan fingerprint density at radius 2 is 2.00 bits per heavy atom. The third-order valence-corrected chi connectivity index (χ3v) is 7.68. The van der Waals surface area contributed by atoms with Crippen molar-refractivity contribution in [3.8, 4) is 0 Å². The van der Waals surface area contributed by atoms with Gasteiger partial charge in [-0.3, -0.25) is 4.79 Å². The lowest BCUT2D eigenvalue weighted by atomic mass is 10.3. The highest BCUT2D eigenvalue weighted by atomic mass is 35.5. The highest BCUT2D eigenvalue weighted by Crippen LogP contribution is 2.26.